The number of nitrogens with zero attached hydrogens (tertiary/aromatic N) is 2. The third-order valence-electron chi connectivity index (χ3n) is 5.11. The Morgan fingerprint density at radius 1 is 1.10 bits per heavy atom. The lowest BCUT2D eigenvalue weighted by Gasteiger charge is -2.36. The van der Waals surface area contributed by atoms with Gasteiger partial charge in [0.05, 0.1) is 0 Å². The van der Waals surface area contributed by atoms with E-state index in [0.717, 1.165) is 31.5 Å². The molecular formula is C22H29ClF3N3O. The number of benzene rings is 2. The summed E-state index contributed by atoms with van der Waals surface area (Å²) in [6.45, 7) is 0.00153. The number of hydrogen-bond acceptors (Lipinski definition) is 4. The van der Waals surface area contributed by atoms with Gasteiger partial charge in [-0.3, -0.25) is 5.43 Å². The Morgan fingerprint density at radius 2 is 1.83 bits per heavy atom. The average molecular weight is 444 g/mol. The van der Waals surface area contributed by atoms with Crippen LogP contribution in [0.15, 0.2) is 48.5 Å². The SMILES string of the molecule is CN(C)c1ccc(OCC(F)(F)F)c(CNN2CCCCC2c2ccccc2)c1.Cl. The molecule has 1 aliphatic heterocycles. The van der Waals surface area contributed by atoms with E-state index in [1.807, 2.05) is 43.3 Å². The van der Waals surface area contributed by atoms with Crippen molar-refractivity contribution >= 4 is 18.1 Å². The third kappa shape index (κ3) is 6.79. The third-order valence-corrected chi connectivity index (χ3v) is 5.11. The zero-order chi connectivity index (χ0) is 20.9. The molecule has 1 unspecified atom stereocenters. The number of piperidine rings is 1. The summed E-state index contributed by atoms with van der Waals surface area (Å²) in [6.07, 6.45) is -1.07. The van der Waals surface area contributed by atoms with Crippen molar-refractivity contribution in [1.82, 2.24) is 10.4 Å². The van der Waals surface area contributed by atoms with E-state index in [2.05, 4.69) is 22.6 Å². The first kappa shape index (κ1) is 24.3. The molecule has 0 aromatic heterocycles. The van der Waals surface area contributed by atoms with Gasteiger partial charge in [-0.1, -0.05) is 36.8 Å². The van der Waals surface area contributed by atoms with Crippen molar-refractivity contribution in [3.05, 3.63) is 59.7 Å². The molecule has 30 heavy (non-hydrogen) atoms. The maximum Gasteiger partial charge on any atom is 0.422 e. The highest BCUT2D eigenvalue weighted by Crippen LogP contribution is 2.31. The molecule has 2 aromatic carbocycles. The van der Waals surface area contributed by atoms with Crippen LogP contribution in [0.2, 0.25) is 0 Å². The number of rotatable bonds is 7. The Bertz CT molecular complexity index is 787. The molecule has 0 aliphatic carbocycles. The van der Waals surface area contributed by atoms with Crippen molar-refractivity contribution in [2.75, 3.05) is 32.1 Å². The summed E-state index contributed by atoms with van der Waals surface area (Å²) in [5.41, 5.74) is 6.31. The summed E-state index contributed by atoms with van der Waals surface area (Å²) in [5, 5.41) is 2.20. The molecule has 166 valence electrons. The van der Waals surface area contributed by atoms with E-state index < -0.39 is 12.8 Å². The fourth-order valence-corrected chi connectivity index (χ4v) is 3.61. The number of alkyl halides is 3. The predicted molar refractivity (Wildman–Crippen MR) is 116 cm³/mol. The second-order valence-corrected chi connectivity index (χ2v) is 7.54. The smallest absolute Gasteiger partial charge is 0.422 e. The van der Waals surface area contributed by atoms with Crippen LogP contribution in [0, 0.1) is 0 Å². The highest BCUT2D eigenvalue weighted by Gasteiger charge is 2.29. The van der Waals surface area contributed by atoms with Crippen molar-refractivity contribution in [3.63, 3.8) is 0 Å². The predicted octanol–water partition coefficient (Wildman–Crippen LogP) is 5.35. The molecule has 1 aliphatic rings. The molecule has 3 rings (SSSR count). The first-order chi connectivity index (χ1) is 13.8. The molecule has 0 spiro atoms. The molecule has 4 nitrogen and oxygen atoms in total. The van der Waals surface area contributed by atoms with Crippen LogP contribution in [0.4, 0.5) is 18.9 Å². The van der Waals surface area contributed by atoms with Crippen LogP contribution in [0.25, 0.3) is 0 Å². The zero-order valence-corrected chi connectivity index (χ0v) is 18.1. The number of nitrogens with one attached hydrogen (secondary N) is 1. The van der Waals surface area contributed by atoms with Crippen molar-refractivity contribution < 1.29 is 17.9 Å². The molecule has 1 N–H and O–H groups in total. The first-order valence-electron chi connectivity index (χ1n) is 9.88. The summed E-state index contributed by atoms with van der Waals surface area (Å²) in [5.74, 6) is 0.258. The van der Waals surface area contributed by atoms with Gasteiger partial charge in [-0.2, -0.15) is 13.2 Å². The molecule has 8 heteroatoms. The van der Waals surface area contributed by atoms with Crippen LogP contribution < -0.4 is 15.1 Å². The van der Waals surface area contributed by atoms with E-state index in [1.165, 1.54) is 5.56 Å². The standard InChI is InChI=1S/C22H28F3N3O.ClH/c1-27(2)19-11-12-21(29-16-22(23,24)25)18(14-19)15-26-28-13-7-6-10-20(28)17-8-4-3-5-9-17;/h3-5,8-9,11-12,14,20,26H,6-7,10,13,15-16H2,1-2H3;1H. The van der Waals surface area contributed by atoms with Crippen molar-refractivity contribution in [2.24, 2.45) is 0 Å². The van der Waals surface area contributed by atoms with E-state index in [-0.39, 0.29) is 24.2 Å². The minimum absolute atomic E-state index is 0. The van der Waals surface area contributed by atoms with Crippen molar-refractivity contribution in [3.8, 4) is 5.75 Å². The van der Waals surface area contributed by atoms with Gasteiger partial charge in [-0.05, 0) is 36.6 Å². The second-order valence-electron chi connectivity index (χ2n) is 7.54. The summed E-state index contributed by atoms with van der Waals surface area (Å²) >= 11 is 0. The molecule has 0 bridgehead atoms. The normalized spacial score (nSPS) is 17.3. The van der Waals surface area contributed by atoms with Crippen LogP contribution >= 0.6 is 12.4 Å². The van der Waals surface area contributed by atoms with E-state index in [1.54, 1.807) is 12.1 Å². The van der Waals surface area contributed by atoms with E-state index >= 15 is 0 Å². The van der Waals surface area contributed by atoms with E-state index in [4.69, 9.17) is 4.74 Å². The molecule has 0 saturated carbocycles. The minimum Gasteiger partial charge on any atom is -0.484 e. The summed E-state index contributed by atoms with van der Waals surface area (Å²) < 4.78 is 43.0. The minimum atomic E-state index is -4.36. The Labute approximate surface area is 182 Å². The van der Waals surface area contributed by atoms with Gasteiger partial charge in [-0.15, -0.1) is 12.4 Å². The maximum absolute atomic E-state index is 12.6. The molecule has 1 saturated heterocycles. The monoisotopic (exact) mass is 443 g/mol. The van der Waals surface area contributed by atoms with Gasteiger partial charge >= 0.3 is 6.18 Å². The lowest BCUT2D eigenvalue weighted by atomic mass is 9.97. The Morgan fingerprint density at radius 3 is 2.50 bits per heavy atom. The number of hydrogen-bond donors (Lipinski definition) is 1. The topological polar surface area (TPSA) is 27.7 Å². The second kappa shape index (κ2) is 10.9. The molecular weight excluding hydrogens is 415 g/mol. The Hall–Kier alpha value is -1.96. The lowest BCUT2D eigenvalue weighted by molar-refractivity contribution is -0.153. The first-order valence-corrected chi connectivity index (χ1v) is 9.88. The summed E-state index contributed by atoms with van der Waals surface area (Å²) in [7, 11) is 3.80. The van der Waals surface area contributed by atoms with Crippen molar-refractivity contribution in [1.29, 1.82) is 0 Å². The van der Waals surface area contributed by atoms with E-state index in [9.17, 15) is 13.2 Å². The molecule has 0 radical (unpaired) electrons. The molecule has 0 amide bonds. The van der Waals surface area contributed by atoms with Crippen LogP contribution in [-0.4, -0.2) is 38.4 Å². The number of hydrazine groups is 1. The van der Waals surface area contributed by atoms with Gasteiger partial charge in [0.15, 0.2) is 6.61 Å². The van der Waals surface area contributed by atoms with Crippen molar-refractivity contribution in [2.45, 2.75) is 38.0 Å². The quantitative estimate of drug-likeness (QED) is 0.624. The number of halogens is 4. The Kier molecular flexibility index (Phi) is 8.82. The van der Waals surface area contributed by atoms with Crippen LogP contribution in [-0.2, 0) is 6.54 Å². The summed E-state index contributed by atoms with van der Waals surface area (Å²) in [4.78, 5) is 1.92. The van der Waals surface area contributed by atoms with Gasteiger partial charge in [0.25, 0.3) is 0 Å². The Balaban J connectivity index is 0.00000320. The maximum atomic E-state index is 12.6. The van der Waals surface area contributed by atoms with Gasteiger partial charge in [0.2, 0.25) is 0 Å². The molecule has 1 heterocycles. The van der Waals surface area contributed by atoms with Gasteiger partial charge in [-0.25, -0.2) is 5.01 Å². The summed E-state index contributed by atoms with van der Waals surface area (Å²) in [6, 6.07) is 15.8. The molecule has 1 fully saturated rings. The van der Waals surface area contributed by atoms with Gasteiger partial charge < -0.3 is 9.64 Å². The average Bonchev–Trinajstić information content (AvgIpc) is 2.71. The number of anilines is 1. The number of ether oxygens (including phenoxy) is 1. The van der Waals surface area contributed by atoms with E-state index in [0.29, 0.717) is 12.1 Å². The largest absolute Gasteiger partial charge is 0.484 e. The van der Waals surface area contributed by atoms with Gasteiger partial charge in [0, 0.05) is 44.5 Å². The van der Waals surface area contributed by atoms with Crippen LogP contribution in [0.1, 0.15) is 36.4 Å². The van der Waals surface area contributed by atoms with Crippen LogP contribution in [0.3, 0.4) is 0 Å². The van der Waals surface area contributed by atoms with Crippen LogP contribution in [0.5, 0.6) is 5.75 Å². The molecule has 2 aromatic rings. The lowest BCUT2D eigenvalue weighted by Crippen LogP contribution is -2.43. The molecule has 1 atom stereocenters. The highest BCUT2D eigenvalue weighted by molar-refractivity contribution is 5.85. The zero-order valence-electron chi connectivity index (χ0n) is 17.3. The fraction of sp³-hybridized carbons (Fsp3) is 0.455. The fourth-order valence-electron chi connectivity index (χ4n) is 3.61. The van der Waals surface area contributed by atoms with Gasteiger partial charge in [0.1, 0.15) is 5.75 Å². The highest BCUT2D eigenvalue weighted by atomic mass is 35.5.